The van der Waals surface area contributed by atoms with Crippen LogP contribution in [0.1, 0.15) is 36.3 Å². The predicted molar refractivity (Wildman–Crippen MR) is 115 cm³/mol. The van der Waals surface area contributed by atoms with E-state index in [9.17, 15) is 4.79 Å². The molecule has 2 atom stereocenters. The fourth-order valence-electron chi connectivity index (χ4n) is 4.59. The van der Waals surface area contributed by atoms with Crippen LogP contribution in [-0.2, 0) is 11.2 Å². The Labute approximate surface area is 169 Å². The number of amides is 1. The van der Waals surface area contributed by atoms with E-state index in [0.29, 0.717) is 18.5 Å². The van der Waals surface area contributed by atoms with E-state index in [2.05, 4.69) is 59.2 Å². The monoisotopic (exact) mass is 391 g/mol. The second kappa shape index (κ2) is 7.21. The van der Waals surface area contributed by atoms with Crippen molar-refractivity contribution in [2.24, 2.45) is 0 Å². The van der Waals surface area contributed by atoms with Crippen LogP contribution in [0, 0.1) is 0 Å². The number of likely N-dealkylation sites (tertiary alicyclic amines) is 1. The number of anilines is 1. The van der Waals surface area contributed by atoms with Crippen LogP contribution in [0.5, 0.6) is 0 Å². The number of piperidine rings is 1. The molecule has 0 N–H and O–H groups in total. The van der Waals surface area contributed by atoms with Gasteiger partial charge >= 0.3 is 0 Å². The van der Waals surface area contributed by atoms with Crippen molar-refractivity contribution in [1.29, 1.82) is 0 Å². The summed E-state index contributed by atoms with van der Waals surface area (Å²) >= 11 is 1.78. The van der Waals surface area contributed by atoms with Gasteiger partial charge in [0, 0.05) is 30.7 Å². The van der Waals surface area contributed by atoms with Crippen molar-refractivity contribution in [3.05, 3.63) is 59.1 Å². The van der Waals surface area contributed by atoms with E-state index in [-0.39, 0.29) is 5.91 Å². The molecule has 0 aliphatic carbocycles. The number of nitrogens with zero attached hydrogens (tertiary/aromatic N) is 3. The Bertz CT molecular complexity index is 981. The number of rotatable bonds is 3. The van der Waals surface area contributed by atoms with Crippen LogP contribution in [0.15, 0.2) is 48.5 Å². The Balaban J connectivity index is 1.30. The molecule has 2 aliphatic rings. The van der Waals surface area contributed by atoms with Crippen LogP contribution in [-0.4, -0.2) is 41.5 Å². The summed E-state index contributed by atoms with van der Waals surface area (Å²) in [5, 5.41) is 1.18. The van der Waals surface area contributed by atoms with Crippen molar-refractivity contribution >= 4 is 33.1 Å². The summed E-state index contributed by atoms with van der Waals surface area (Å²) in [5.74, 6) is 0.604. The third-order valence-electron chi connectivity index (χ3n) is 6.09. The topological polar surface area (TPSA) is 36.4 Å². The molecule has 1 amide bonds. The maximum absolute atomic E-state index is 13.1. The van der Waals surface area contributed by atoms with Crippen molar-refractivity contribution in [3.63, 3.8) is 0 Å². The number of aromatic nitrogens is 1. The first-order valence-electron chi connectivity index (χ1n) is 10.2. The Morgan fingerprint density at radius 3 is 2.89 bits per heavy atom. The molecule has 5 heteroatoms. The van der Waals surface area contributed by atoms with Gasteiger partial charge in [0.15, 0.2) is 0 Å². The average Bonchev–Trinajstić information content (AvgIpc) is 3.29. The number of carbonyl (C=O) groups excluding carboxylic acids is 1. The van der Waals surface area contributed by atoms with Crippen molar-refractivity contribution in [3.8, 4) is 0 Å². The molecular weight excluding hydrogens is 366 g/mol. The molecular formula is C23H25N3OS. The van der Waals surface area contributed by atoms with Crippen LogP contribution in [0.25, 0.3) is 10.2 Å². The molecule has 3 aromatic rings. The van der Waals surface area contributed by atoms with Gasteiger partial charge in [-0.1, -0.05) is 30.3 Å². The highest BCUT2D eigenvalue weighted by molar-refractivity contribution is 7.18. The molecule has 144 valence electrons. The minimum atomic E-state index is 0.245. The Morgan fingerprint density at radius 2 is 2.00 bits per heavy atom. The number of carbonyl (C=O) groups is 1. The number of para-hydroxylation sites is 2. The molecule has 2 unspecified atom stereocenters. The Hall–Kier alpha value is -2.40. The van der Waals surface area contributed by atoms with Gasteiger partial charge in [0.05, 0.1) is 21.8 Å². The Morgan fingerprint density at radius 1 is 1.18 bits per heavy atom. The highest BCUT2D eigenvalue weighted by atomic mass is 32.1. The van der Waals surface area contributed by atoms with Crippen molar-refractivity contribution < 1.29 is 4.79 Å². The lowest BCUT2D eigenvalue weighted by atomic mass is 9.98. The largest absolute Gasteiger partial charge is 0.359 e. The zero-order valence-electron chi connectivity index (χ0n) is 16.2. The van der Waals surface area contributed by atoms with Gasteiger partial charge in [0.2, 0.25) is 5.91 Å². The lowest BCUT2D eigenvalue weighted by molar-refractivity contribution is -0.131. The number of thiazole rings is 1. The first kappa shape index (κ1) is 17.7. The molecule has 2 aliphatic heterocycles. The second-order valence-electron chi connectivity index (χ2n) is 8.01. The quantitative estimate of drug-likeness (QED) is 0.662. The van der Waals surface area contributed by atoms with Gasteiger partial charge in [-0.15, -0.1) is 11.3 Å². The molecule has 28 heavy (non-hydrogen) atoms. The molecule has 1 saturated heterocycles. The highest BCUT2D eigenvalue weighted by Crippen LogP contribution is 2.34. The van der Waals surface area contributed by atoms with E-state index in [0.717, 1.165) is 37.9 Å². The second-order valence-corrected chi connectivity index (χ2v) is 9.07. The van der Waals surface area contributed by atoms with E-state index in [1.807, 2.05) is 6.07 Å². The normalized spacial score (nSPS) is 21.9. The molecule has 1 fully saturated rings. The van der Waals surface area contributed by atoms with Gasteiger partial charge < -0.3 is 9.80 Å². The zero-order valence-corrected chi connectivity index (χ0v) is 17.0. The standard InChI is InChI=1S/C23H25N3OS/c1-16-13-17-7-2-4-10-20(17)26(16)15-22(27)25-12-6-8-18(14-25)23-24-19-9-3-5-11-21(19)28-23/h2-5,7,9-11,16,18H,6,8,12-15H2,1H3. The summed E-state index contributed by atoms with van der Waals surface area (Å²) in [4.78, 5) is 22.3. The van der Waals surface area contributed by atoms with Gasteiger partial charge in [-0.25, -0.2) is 4.98 Å². The van der Waals surface area contributed by atoms with Crippen molar-refractivity contribution in [2.45, 2.75) is 38.1 Å². The first-order chi connectivity index (χ1) is 13.7. The lowest BCUT2D eigenvalue weighted by Crippen LogP contribution is -2.46. The third kappa shape index (κ3) is 3.18. The minimum absolute atomic E-state index is 0.245. The smallest absolute Gasteiger partial charge is 0.242 e. The number of hydrogen-bond donors (Lipinski definition) is 0. The van der Waals surface area contributed by atoms with Gasteiger partial charge in [0.25, 0.3) is 0 Å². The predicted octanol–water partition coefficient (Wildman–Crippen LogP) is 4.45. The van der Waals surface area contributed by atoms with Gasteiger partial charge in [-0.3, -0.25) is 4.79 Å². The minimum Gasteiger partial charge on any atom is -0.359 e. The van der Waals surface area contributed by atoms with E-state index in [1.54, 1.807) is 11.3 Å². The van der Waals surface area contributed by atoms with Crippen molar-refractivity contribution in [1.82, 2.24) is 9.88 Å². The third-order valence-corrected chi connectivity index (χ3v) is 7.29. The molecule has 0 spiro atoms. The van der Waals surface area contributed by atoms with Crippen LogP contribution in [0.3, 0.4) is 0 Å². The van der Waals surface area contributed by atoms with Gasteiger partial charge in [-0.05, 0) is 49.9 Å². The molecule has 0 bridgehead atoms. The summed E-state index contributed by atoms with van der Waals surface area (Å²) in [6, 6.07) is 17.2. The Kier molecular flexibility index (Phi) is 4.55. The zero-order chi connectivity index (χ0) is 19.1. The molecule has 0 saturated carbocycles. The van der Waals surface area contributed by atoms with E-state index in [1.165, 1.54) is 21.0 Å². The summed E-state index contributed by atoms with van der Waals surface area (Å²) < 4.78 is 1.24. The van der Waals surface area contributed by atoms with Crippen molar-refractivity contribution in [2.75, 3.05) is 24.5 Å². The molecule has 4 nitrogen and oxygen atoms in total. The summed E-state index contributed by atoms with van der Waals surface area (Å²) in [7, 11) is 0. The average molecular weight is 392 g/mol. The van der Waals surface area contributed by atoms with Crippen LogP contribution >= 0.6 is 11.3 Å². The van der Waals surface area contributed by atoms with E-state index in [4.69, 9.17) is 4.98 Å². The summed E-state index contributed by atoms with van der Waals surface area (Å²) in [6.07, 6.45) is 3.20. The SMILES string of the molecule is CC1Cc2ccccc2N1CC(=O)N1CCCC(c2nc3ccccc3s2)C1. The highest BCUT2D eigenvalue weighted by Gasteiger charge is 2.31. The molecule has 3 heterocycles. The van der Waals surface area contributed by atoms with E-state index < -0.39 is 0 Å². The van der Waals surface area contributed by atoms with Gasteiger partial charge in [-0.2, -0.15) is 0 Å². The molecule has 2 aromatic carbocycles. The maximum Gasteiger partial charge on any atom is 0.242 e. The molecule has 5 rings (SSSR count). The first-order valence-corrected chi connectivity index (χ1v) is 11.0. The van der Waals surface area contributed by atoms with Crippen LogP contribution < -0.4 is 4.90 Å². The number of hydrogen-bond acceptors (Lipinski definition) is 4. The fourth-order valence-corrected chi connectivity index (χ4v) is 5.68. The number of benzene rings is 2. The summed E-state index contributed by atoms with van der Waals surface area (Å²) in [5.41, 5.74) is 3.66. The van der Waals surface area contributed by atoms with Gasteiger partial charge in [0.1, 0.15) is 0 Å². The maximum atomic E-state index is 13.1. The van der Waals surface area contributed by atoms with Crippen LogP contribution in [0.2, 0.25) is 0 Å². The number of fused-ring (bicyclic) bond motifs is 2. The lowest BCUT2D eigenvalue weighted by Gasteiger charge is -2.34. The summed E-state index contributed by atoms with van der Waals surface area (Å²) in [6.45, 7) is 4.35. The fraction of sp³-hybridized carbons (Fsp3) is 0.391. The van der Waals surface area contributed by atoms with E-state index >= 15 is 0 Å². The van der Waals surface area contributed by atoms with Crippen LogP contribution in [0.4, 0.5) is 5.69 Å². The molecule has 1 aromatic heterocycles. The molecule has 0 radical (unpaired) electrons.